The molecule has 5 heteroatoms. The summed E-state index contributed by atoms with van der Waals surface area (Å²) in [4.78, 5) is 12.1. The van der Waals surface area contributed by atoms with E-state index in [1.165, 1.54) is 19.2 Å². The number of hydrogen-bond acceptors (Lipinski definition) is 2. The van der Waals surface area contributed by atoms with E-state index in [1.54, 1.807) is 24.3 Å². The largest absolute Gasteiger partial charge is 0.496 e. The molecule has 0 aliphatic carbocycles. The van der Waals surface area contributed by atoms with Gasteiger partial charge in [0.2, 0.25) is 0 Å². The molecule has 0 aliphatic heterocycles. The molecule has 0 unspecified atom stereocenters. The highest BCUT2D eigenvalue weighted by Gasteiger charge is 2.12. The number of benzene rings is 2. The number of carbonyl (C=O) groups excluding carboxylic acids is 1. The van der Waals surface area contributed by atoms with Crippen LogP contribution in [0.25, 0.3) is 0 Å². The molecule has 110 valence electrons. The molecule has 1 N–H and O–H groups in total. The van der Waals surface area contributed by atoms with Gasteiger partial charge in [-0.05, 0) is 42.3 Å². The molecule has 0 atom stereocenters. The minimum absolute atomic E-state index is 0.272. The number of halogens is 2. The third-order valence-electron chi connectivity index (χ3n) is 2.99. The summed E-state index contributed by atoms with van der Waals surface area (Å²) in [6.07, 6.45) is 0.548. The van der Waals surface area contributed by atoms with Crippen molar-refractivity contribution in [3.8, 4) is 5.75 Å². The molecule has 0 bridgehead atoms. The zero-order valence-electron chi connectivity index (χ0n) is 11.5. The van der Waals surface area contributed by atoms with Crippen molar-refractivity contribution in [3.63, 3.8) is 0 Å². The quantitative estimate of drug-likeness (QED) is 0.918. The van der Waals surface area contributed by atoms with Gasteiger partial charge in [0.05, 0.1) is 12.7 Å². The van der Waals surface area contributed by atoms with E-state index in [-0.39, 0.29) is 11.7 Å². The molecule has 0 spiro atoms. The fourth-order valence-corrected chi connectivity index (χ4v) is 2.14. The minimum Gasteiger partial charge on any atom is -0.496 e. The van der Waals surface area contributed by atoms with Crippen molar-refractivity contribution < 1.29 is 13.9 Å². The Morgan fingerprint density at radius 3 is 2.81 bits per heavy atom. The predicted molar refractivity (Wildman–Crippen MR) is 80.4 cm³/mol. The first-order valence-electron chi connectivity index (χ1n) is 6.46. The zero-order chi connectivity index (χ0) is 15.2. The summed E-state index contributed by atoms with van der Waals surface area (Å²) < 4.78 is 18.2. The molecule has 0 saturated heterocycles. The highest BCUT2D eigenvalue weighted by atomic mass is 35.5. The summed E-state index contributed by atoms with van der Waals surface area (Å²) in [7, 11) is 1.49. The van der Waals surface area contributed by atoms with E-state index in [0.717, 1.165) is 5.56 Å². The van der Waals surface area contributed by atoms with Gasteiger partial charge in [0, 0.05) is 11.6 Å². The Morgan fingerprint density at radius 1 is 1.29 bits per heavy atom. The maximum atomic E-state index is 13.0. The van der Waals surface area contributed by atoms with Crippen LogP contribution in [0.15, 0.2) is 42.5 Å². The van der Waals surface area contributed by atoms with E-state index in [1.807, 2.05) is 6.07 Å². The maximum absolute atomic E-state index is 13.0. The maximum Gasteiger partial charge on any atom is 0.255 e. The second-order valence-corrected chi connectivity index (χ2v) is 4.92. The molecule has 21 heavy (non-hydrogen) atoms. The summed E-state index contributed by atoms with van der Waals surface area (Å²) in [5.74, 6) is -0.0938. The summed E-state index contributed by atoms with van der Waals surface area (Å²) in [6, 6.07) is 11.2. The lowest BCUT2D eigenvalue weighted by Gasteiger charge is -2.10. The zero-order valence-corrected chi connectivity index (χ0v) is 12.3. The average molecular weight is 308 g/mol. The number of ether oxygens (including phenoxy) is 1. The smallest absolute Gasteiger partial charge is 0.255 e. The molecule has 1 amide bonds. The van der Waals surface area contributed by atoms with E-state index in [4.69, 9.17) is 16.3 Å². The van der Waals surface area contributed by atoms with E-state index in [0.29, 0.717) is 29.3 Å². The van der Waals surface area contributed by atoms with Crippen molar-refractivity contribution in [2.24, 2.45) is 0 Å². The predicted octanol–water partition coefficient (Wildman–Crippen LogP) is 3.46. The molecular formula is C16H15ClFNO2. The Balaban J connectivity index is 1.97. The van der Waals surface area contributed by atoms with Gasteiger partial charge in [-0.3, -0.25) is 4.79 Å². The van der Waals surface area contributed by atoms with Crippen molar-refractivity contribution in [1.82, 2.24) is 5.32 Å². The van der Waals surface area contributed by atoms with E-state index >= 15 is 0 Å². The molecule has 0 fully saturated rings. The molecule has 2 aromatic rings. The van der Waals surface area contributed by atoms with Gasteiger partial charge in [0.15, 0.2) is 0 Å². The van der Waals surface area contributed by atoms with Gasteiger partial charge in [-0.1, -0.05) is 23.7 Å². The minimum atomic E-state index is -0.282. The highest BCUT2D eigenvalue weighted by Crippen LogP contribution is 2.22. The van der Waals surface area contributed by atoms with Crippen LogP contribution in [0.3, 0.4) is 0 Å². The lowest BCUT2D eigenvalue weighted by molar-refractivity contribution is 0.0951. The fraction of sp³-hybridized carbons (Fsp3) is 0.188. The Hall–Kier alpha value is -2.07. The molecule has 0 heterocycles. The molecular weight excluding hydrogens is 293 g/mol. The Labute approximate surface area is 127 Å². The van der Waals surface area contributed by atoms with Crippen LogP contribution in [-0.2, 0) is 6.42 Å². The van der Waals surface area contributed by atoms with Gasteiger partial charge >= 0.3 is 0 Å². The SMILES string of the molecule is COc1ccc(Cl)cc1C(=O)NCCc1cccc(F)c1. The number of carbonyl (C=O) groups is 1. The Bertz CT molecular complexity index is 646. The van der Waals surface area contributed by atoms with Gasteiger partial charge in [-0.2, -0.15) is 0 Å². The van der Waals surface area contributed by atoms with Crippen molar-refractivity contribution >= 4 is 17.5 Å². The van der Waals surface area contributed by atoms with Crippen LogP contribution in [0.5, 0.6) is 5.75 Å². The summed E-state index contributed by atoms with van der Waals surface area (Å²) in [6.45, 7) is 0.401. The van der Waals surface area contributed by atoms with Gasteiger partial charge in [0.1, 0.15) is 11.6 Å². The number of hydrogen-bond donors (Lipinski definition) is 1. The summed E-state index contributed by atoms with van der Waals surface area (Å²) in [5.41, 5.74) is 1.21. The van der Waals surface area contributed by atoms with Crippen LogP contribution in [0.2, 0.25) is 5.02 Å². The Morgan fingerprint density at radius 2 is 2.10 bits per heavy atom. The second-order valence-electron chi connectivity index (χ2n) is 4.48. The first-order valence-corrected chi connectivity index (χ1v) is 6.84. The molecule has 2 aromatic carbocycles. The van der Waals surface area contributed by atoms with Crippen LogP contribution in [0.1, 0.15) is 15.9 Å². The average Bonchev–Trinajstić information content (AvgIpc) is 2.47. The van der Waals surface area contributed by atoms with Gasteiger partial charge in [-0.25, -0.2) is 4.39 Å². The molecule has 2 rings (SSSR count). The molecule has 0 saturated carbocycles. The molecule has 0 radical (unpaired) electrons. The number of rotatable bonds is 5. The van der Waals surface area contributed by atoms with Gasteiger partial charge in [-0.15, -0.1) is 0 Å². The Kier molecular flexibility index (Phi) is 5.17. The van der Waals surface area contributed by atoms with Crippen molar-refractivity contribution in [1.29, 1.82) is 0 Å². The van der Waals surface area contributed by atoms with E-state index in [2.05, 4.69) is 5.32 Å². The monoisotopic (exact) mass is 307 g/mol. The first-order chi connectivity index (χ1) is 10.1. The topological polar surface area (TPSA) is 38.3 Å². The lowest BCUT2D eigenvalue weighted by atomic mass is 10.1. The number of methoxy groups -OCH3 is 1. The number of amides is 1. The van der Waals surface area contributed by atoms with Gasteiger partial charge < -0.3 is 10.1 Å². The van der Waals surface area contributed by atoms with Crippen LogP contribution in [0.4, 0.5) is 4.39 Å². The van der Waals surface area contributed by atoms with Crippen LogP contribution in [-0.4, -0.2) is 19.6 Å². The second kappa shape index (κ2) is 7.09. The van der Waals surface area contributed by atoms with Crippen LogP contribution in [0, 0.1) is 5.82 Å². The highest BCUT2D eigenvalue weighted by molar-refractivity contribution is 6.31. The summed E-state index contributed by atoms with van der Waals surface area (Å²) in [5, 5.41) is 3.23. The van der Waals surface area contributed by atoms with E-state index < -0.39 is 0 Å². The number of nitrogens with one attached hydrogen (secondary N) is 1. The third kappa shape index (κ3) is 4.20. The standard InChI is InChI=1S/C16H15ClFNO2/c1-21-15-6-5-12(17)10-14(15)16(20)19-8-7-11-3-2-4-13(18)9-11/h2-6,9-10H,7-8H2,1H3,(H,19,20). The summed E-state index contributed by atoms with van der Waals surface area (Å²) >= 11 is 5.89. The van der Waals surface area contributed by atoms with Crippen LogP contribution < -0.4 is 10.1 Å². The van der Waals surface area contributed by atoms with Crippen molar-refractivity contribution in [2.45, 2.75) is 6.42 Å². The first kappa shape index (κ1) is 15.3. The molecule has 0 aliphatic rings. The lowest BCUT2D eigenvalue weighted by Crippen LogP contribution is -2.26. The van der Waals surface area contributed by atoms with E-state index in [9.17, 15) is 9.18 Å². The fourth-order valence-electron chi connectivity index (χ4n) is 1.97. The molecule has 0 aromatic heterocycles. The normalized spacial score (nSPS) is 10.2. The van der Waals surface area contributed by atoms with Crippen molar-refractivity contribution in [2.75, 3.05) is 13.7 Å². The molecule has 3 nitrogen and oxygen atoms in total. The van der Waals surface area contributed by atoms with Gasteiger partial charge in [0.25, 0.3) is 5.91 Å². The van der Waals surface area contributed by atoms with Crippen LogP contribution >= 0.6 is 11.6 Å². The van der Waals surface area contributed by atoms with Crippen molar-refractivity contribution in [3.05, 3.63) is 64.4 Å². The third-order valence-corrected chi connectivity index (χ3v) is 3.23.